The maximum atomic E-state index is 11.8. The lowest BCUT2D eigenvalue weighted by Crippen LogP contribution is -2.41. The minimum atomic E-state index is -1.04. The molecule has 1 atom stereocenters. The molecule has 0 aliphatic heterocycles. The number of carbonyl (C=O) groups excluding carboxylic acids is 1. The molecule has 1 aliphatic carbocycles. The molecule has 1 amide bonds. The van der Waals surface area contributed by atoms with E-state index in [1.165, 1.54) is 35.4 Å². The van der Waals surface area contributed by atoms with Crippen molar-refractivity contribution in [3.63, 3.8) is 0 Å². The average molecular weight is 305 g/mol. The number of carboxylic acid groups (broad SMARTS) is 1. The fourth-order valence-corrected chi connectivity index (χ4v) is 3.18. The second-order valence-corrected chi connectivity index (χ2v) is 6.10. The summed E-state index contributed by atoms with van der Waals surface area (Å²) in [5, 5.41) is 11.5. The molecule has 0 bridgehead atoms. The van der Waals surface area contributed by atoms with Crippen LogP contribution in [0.1, 0.15) is 24.0 Å². The molecule has 1 aromatic rings. The van der Waals surface area contributed by atoms with E-state index in [1.807, 2.05) is 6.07 Å². The first-order chi connectivity index (χ1) is 10.1. The van der Waals surface area contributed by atoms with Crippen LogP contribution in [0, 0.1) is 0 Å². The van der Waals surface area contributed by atoms with Crippen molar-refractivity contribution in [3.8, 4) is 0 Å². The van der Waals surface area contributed by atoms with Gasteiger partial charge in [0.1, 0.15) is 6.04 Å². The summed E-state index contributed by atoms with van der Waals surface area (Å²) < 4.78 is 0. The molecular weight excluding hydrogens is 286 g/mol. The Hall–Kier alpha value is -1.75. The molecule has 0 heterocycles. The van der Waals surface area contributed by atoms with Gasteiger partial charge in [-0.2, -0.15) is 0 Å². The summed E-state index contributed by atoms with van der Waals surface area (Å²) >= 11 is 1.44. The van der Waals surface area contributed by atoms with Crippen molar-refractivity contribution in [1.82, 2.24) is 5.32 Å². The van der Waals surface area contributed by atoms with Crippen LogP contribution in [0.3, 0.4) is 0 Å². The molecule has 0 saturated heterocycles. The molecule has 0 aromatic heterocycles. The van der Waals surface area contributed by atoms with Crippen LogP contribution >= 0.6 is 11.8 Å². The van der Waals surface area contributed by atoms with Gasteiger partial charge in [0, 0.05) is 4.90 Å². The van der Waals surface area contributed by atoms with Crippen molar-refractivity contribution in [3.05, 3.63) is 42.0 Å². The normalized spacial score (nSPS) is 14.3. The molecule has 0 spiro atoms. The highest BCUT2D eigenvalue weighted by molar-refractivity contribution is 8.00. The van der Waals surface area contributed by atoms with E-state index in [4.69, 9.17) is 5.11 Å². The first kappa shape index (κ1) is 15.6. The quantitative estimate of drug-likeness (QED) is 0.600. The van der Waals surface area contributed by atoms with E-state index in [1.54, 1.807) is 0 Å². The third-order valence-corrected chi connectivity index (χ3v) is 4.47. The molecule has 1 aliphatic rings. The van der Waals surface area contributed by atoms with Crippen molar-refractivity contribution in [2.24, 2.45) is 0 Å². The maximum absolute atomic E-state index is 11.8. The predicted molar refractivity (Wildman–Crippen MR) is 83.6 cm³/mol. The van der Waals surface area contributed by atoms with Gasteiger partial charge >= 0.3 is 5.97 Å². The number of thioether (sulfide) groups is 1. The maximum Gasteiger partial charge on any atom is 0.326 e. The third-order valence-electron chi connectivity index (χ3n) is 3.48. The third kappa shape index (κ3) is 4.36. The number of rotatable bonds is 7. The summed E-state index contributed by atoms with van der Waals surface area (Å²) in [6, 6.07) is 5.40. The van der Waals surface area contributed by atoms with E-state index < -0.39 is 12.0 Å². The van der Waals surface area contributed by atoms with Crippen LogP contribution in [0.2, 0.25) is 0 Å². The Bertz CT molecular complexity index is 556. The van der Waals surface area contributed by atoms with Crippen molar-refractivity contribution in [2.75, 3.05) is 5.75 Å². The highest BCUT2D eigenvalue weighted by Crippen LogP contribution is 2.27. The summed E-state index contributed by atoms with van der Waals surface area (Å²) in [6.45, 7) is 3.50. The zero-order chi connectivity index (χ0) is 15.2. The molecule has 112 valence electrons. The number of hydrogen-bond donors (Lipinski definition) is 2. The van der Waals surface area contributed by atoms with Gasteiger partial charge in [0.2, 0.25) is 5.91 Å². The highest BCUT2D eigenvalue weighted by atomic mass is 32.2. The Morgan fingerprint density at radius 3 is 2.86 bits per heavy atom. The number of carboxylic acids is 1. The smallest absolute Gasteiger partial charge is 0.326 e. The second-order valence-electron chi connectivity index (χ2n) is 5.06. The van der Waals surface area contributed by atoms with Crippen molar-refractivity contribution in [1.29, 1.82) is 0 Å². The van der Waals surface area contributed by atoms with Gasteiger partial charge in [0.05, 0.1) is 5.75 Å². The number of nitrogens with one attached hydrogen (secondary N) is 1. The van der Waals surface area contributed by atoms with E-state index >= 15 is 0 Å². The summed E-state index contributed by atoms with van der Waals surface area (Å²) in [7, 11) is 0. The molecular formula is C16H19NO3S. The van der Waals surface area contributed by atoms with E-state index in [0.717, 1.165) is 17.7 Å². The van der Waals surface area contributed by atoms with Gasteiger partial charge in [-0.1, -0.05) is 12.1 Å². The lowest BCUT2D eigenvalue weighted by molar-refractivity contribution is -0.141. The number of aryl methyl sites for hydroxylation is 2. The molecule has 5 heteroatoms. The zero-order valence-corrected chi connectivity index (χ0v) is 12.6. The van der Waals surface area contributed by atoms with Crippen molar-refractivity contribution < 1.29 is 14.7 Å². The number of fused-ring (bicyclic) bond motifs is 1. The van der Waals surface area contributed by atoms with Gasteiger partial charge in [-0.15, -0.1) is 18.3 Å². The molecule has 0 radical (unpaired) electrons. The van der Waals surface area contributed by atoms with Crippen LogP contribution in [0.25, 0.3) is 0 Å². The monoisotopic (exact) mass is 305 g/mol. The van der Waals surface area contributed by atoms with Crippen LogP contribution in [0.15, 0.2) is 35.7 Å². The molecule has 0 saturated carbocycles. The molecule has 21 heavy (non-hydrogen) atoms. The fourth-order valence-electron chi connectivity index (χ4n) is 2.41. The summed E-state index contributed by atoms with van der Waals surface area (Å²) in [4.78, 5) is 23.8. The van der Waals surface area contributed by atoms with E-state index in [0.29, 0.717) is 0 Å². The van der Waals surface area contributed by atoms with E-state index in [-0.39, 0.29) is 18.1 Å². The van der Waals surface area contributed by atoms with Crippen LogP contribution in [-0.4, -0.2) is 28.8 Å². The first-order valence-corrected chi connectivity index (χ1v) is 7.96. The summed E-state index contributed by atoms with van der Waals surface area (Å²) in [5.41, 5.74) is 2.77. The molecule has 1 unspecified atom stereocenters. The number of hydrogen-bond acceptors (Lipinski definition) is 3. The molecule has 2 rings (SSSR count). The first-order valence-electron chi connectivity index (χ1n) is 6.98. The van der Waals surface area contributed by atoms with Crippen molar-refractivity contribution in [2.45, 2.75) is 36.6 Å². The number of carbonyl (C=O) groups is 2. The van der Waals surface area contributed by atoms with Crippen LogP contribution < -0.4 is 5.32 Å². The largest absolute Gasteiger partial charge is 0.480 e. The van der Waals surface area contributed by atoms with Crippen molar-refractivity contribution >= 4 is 23.6 Å². The fraction of sp³-hybridized carbons (Fsp3) is 0.375. The van der Waals surface area contributed by atoms with Gasteiger partial charge < -0.3 is 10.4 Å². The lowest BCUT2D eigenvalue weighted by atomic mass is 10.1. The standard InChI is InChI=1S/C16H19NO3S/c1-2-4-14(16(19)20)17-15(18)10-21-13-8-7-11-5-3-6-12(11)9-13/h2,7-9,14H,1,3-6,10H2,(H,17,18)(H,19,20). The van der Waals surface area contributed by atoms with E-state index in [9.17, 15) is 9.59 Å². The van der Waals surface area contributed by atoms with Gasteiger partial charge in [0.15, 0.2) is 0 Å². The van der Waals surface area contributed by atoms with Crippen LogP contribution in [0.4, 0.5) is 0 Å². The Balaban J connectivity index is 1.86. The Morgan fingerprint density at radius 1 is 1.38 bits per heavy atom. The number of aliphatic carboxylic acids is 1. The summed E-state index contributed by atoms with van der Waals surface area (Å²) in [6.07, 6.45) is 5.17. The van der Waals surface area contributed by atoms with E-state index in [2.05, 4.69) is 24.0 Å². The molecule has 2 N–H and O–H groups in total. The van der Waals surface area contributed by atoms with Gasteiger partial charge in [-0.05, 0) is 48.9 Å². The average Bonchev–Trinajstić information content (AvgIpc) is 2.92. The SMILES string of the molecule is C=CCC(NC(=O)CSc1ccc2c(c1)CCC2)C(=O)O. The number of amides is 1. The van der Waals surface area contributed by atoms with Gasteiger partial charge in [0.25, 0.3) is 0 Å². The second kappa shape index (κ2) is 7.31. The number of benzene rings is 1. The molecule has 0 fully saturated rings. The zero-order valence-electron chi connectivity index (χ0n) is 11.8. The minimum Gasteiger partial charge on any atom is -0.480 e. The Kier molecular flexibility index (Phi) is 5.44. The topological polar surface area (TPSA) is 66.4 Å². The Morgan fingerprint density at radius 2 is 2.14 bits per heavy atom. The Labute approximate surface area is 128 Å². The predicted octanol–water partition coefficient (Wildman–Crippen LogP) is 2.41. The van der Waals surface area contributed by atoms with Gasteiger partial charge in [-0.3, -0.25) is 4.79 Å². The minimum absolute atomic E-state index is 0.222. The summed E-state index contributed by atoms with van der Waals surface area (Å²) in [5.74, 6) is -1.08. The molecule has 1 aromatic carbocycles. The molecule has 4 nitrogen and oxygen atoms in total. The van der Waals surface area contributed by atoms with Crippen LogP contribution in [-0.2, 0) is 22.4 Å². The van der Waals surface area contributed by atoms with Crippen LogP contribution in [0.5, 0.6) is 0 Å². The highest BCUT2D eigenvalue weighted by Gasteiger charge is 2.18. The lowest BCUT2D eigenvalue weighted by Gasteiger charge is -2.12. The van der Waals surface area contributed by atoms with Gasteiger partial charge in [-0.25, -0.2) is 4.79 Å².